The van der Waals surface area contributed by atoms with Crippen LogP contribution in [0.25, 0.3) is 0 Å². The molecule has 156 valence electrons. The van der Waals surface area contributed by atoms with Crippen molar-refractivity contribution in [3.05, 3.63) is 70.8 Å². The Kier molecular flexibility index (Phi) is 4.90. The van der Waals surface area contributed by atoms with Gasteiger partial charge < -0.3 is 9.47 Å². The number of epoxide rings is 2. The third-order valence-electron chi connectivity index (χ3n) is 5.22. The Hall–Kier alpha value is -2.06. The monoisotopic (exact) mass is 416 g/mol. The molecule has 8 heteroatoms. The van der Waals surface area contributed by atoms with Crippen LogP contribution >= 0.6 is 0 Å². The maximum Gasteiger partial charge on any atom is 0.457 e. The summed E-state index contributed by atoms with van der Waals surface area (Å²) in [5, 5.41) is 0. The van der Waals surface area contributed by atoms with Crippen LogP contribution in [0, 0.1) is 0 Å². The SMILES string of the molecule is FC(F)(F)C(F)(F)C(F)(c1ccc(CC2CO2)cc1)c1ccc(CC2CO2)cc1. The Bertz CT molecular complexity index is 795. The molecule has 0 bridgehead atoms. The maximum atomic E-state index is 15.8. The lowest BCUT2D eigenvalue weighted by Crippen LogP contribution is -2.53. The lowest BCUT2D eigenvalue weighted by molar-refractivity contribution is -0.323. The summed E-state index contributed by atoms with van der Waals surface area (Å²) in [6.45, 7) is 1.14. The van der Waals surface area contributed by atoms with Crippen molar-refractivity contribution in [2.24, 2.45) is 0 Å². The molecular formula is C21H18F6O2. The summed E-state index contributed by atoms with van der Waals surface area (Å²) >= 11 is 0. The minimum absolute atomic E-state index is 0.00981. The quantitative estimate of drug-likeness (QED) is 0.470. The zero-order valence-corrected chi connectivity index (χ0v) is 15.2. The third-order valence-corrected chi connectivity index (χ3v) is 5.22. The van der Waals surface area contributed by atoms with E-state index in [9.17, 15) is 22.0 Å². The van der Waals surface area contributed by atoms with Gasteiger partial charge in [-0.1, -0.05) is 48.5 Å². The number of benzene rings is 2. The maximum absolute atomic E-state index is 15.8. The van der Waals surface area contributed by atoms with Crippen molar-refractivity contribution < 1.29 is 35.8 Å². The molecule has 2 unspecified atom stereocenters. The van der Waals surface area contributed by atoms with Gasteiger partial charge in [-0.15, -0.1) is 0 Å². The average Bonchev–Trinajstić information content (AvgIpc) is 3.58. The molecule has 2 aromatic rings. The summed E-state index contributed by atoms with van der Waals surface area (Å²) in [5.74, 6) is -5.62. The Morgan fingerprint density at radius 3 is 1.28 bits per heavy atom. The molecule has 2 nitrogen and oxygen atoms in total. The Balaban J connectivity index is 1.72. The largest absolute Gasteiger partial charge is 0.457 e. The molecule has 0 radical (unpaired) electrons. The molecule has 0 amide bonds. The van der Waals surface area contributed by atoms with Crippen molar-refractivity contribution >= 4 is 0 Å². The summed E-state index contributed by atoms with van der Waals surface area (Å²) in [4.78, 5) is 0. The van der Waals surface area contributed by atoms with Crippen molar-refractivity contribution in [3.8, 4) is 0 Å². The standard InChI is InChI=1S/C21H18F6O2/c22-19(20(23,24)21(25,26)27,15-5-1-13(2-6-15)9-17-11-28-17)16-7-3-14(4-8-16)10-18-12-29-18/h1-8,17-18H,9-12H2. The van der Waals surface area contributed by atoms with Crippen LogP contribution in [0.3, 0.4) is 0 Å². The predicted molar refractivity (Wildman–Crippen MR) is 92.7 cm³/mol. The molecule has 29 heavy (non-hydrogen) atoms. The van der Waals surface area contributed by atoms with E-state index in [1.165, 1.54) is 24.3 Å². The highest BCUT2D eigenvalue weighted by Crippen LogP contribution is 2.54. The van der Waals surface area contributed by atoms with Crippen molar-refractivity contribution in [1.29, 1.82) is 0 Å². The van der Waals surface area contributed by atoms with Gasteiger partial charge in [-0.2, -0.15) is 22.0 Å². The number of alkyl halides is 6. The summed E-state index contributed by atoms with van der Waals surface area (Å²) in [5.41, 5.74) is -4.21. The van der Waals surface area contributed by atoms with Gasteiger partial charge in [0.15, 0.2) is 0 Å². The van der Waals surface area contributed by atoms with E-state index in [1.54, 1.807) is 0 Å². The van der Waals surface area contributed by atoms with E-state index in [4.69, 9.17) is 9.47 Å². The molecule has 2 aliphatic heterocycles. The number of ether oxygens (including phenoxy) is 2. The van der Waals surface area contributed by atoms with E-state index < -0.39 is 28.9 Å². The van der Waals surface area contributed by atoms with E-state index >= 15 is 4.39 Å². The molecular weight excluding hydrogens is 398 g/mol. The van der Waals surface area contributed by atoms with E-state index in [1.807, 2.05) is 0 Å². The summed E-state index contributed by atoms with van der Waals surface area (Å²) < 4.78 is 94.5. The van der Waals surface area contributed by atoms with E-state index in [0.717, 1.165) is 24.3 Å². The first-order valence-corrected chi connectivity index (χ1v) is 9.17. The van der Waals surface area contributed by atoms with Gasteiger partial charge in [0.2, 0.25) is 5.67 Å². The van der Waals surface area contributed by atoms with Gasteiger partial charge in [-0.3, -0.25) is 0 Å². The fourth-order valence-electron chi connectivity index (χ4n) is 3.36. The Morgan fingerprint density at radius 2 is 1.00 bits per heavy atom. The molecule has 0 spiro atoms. The molecule has 2 aromatic carbocycles. The first kappa shape index (κ1) is 20.2. The predicted octanol–water partition coefficient (Wildman–Crippen LogP) is 4.98. The van der Waals surface area contributed by atoms with Crippen molar-refractivity contribution in [3.63, 3.8) is 0 Å². The highest BCUT2D eigenvalue weighted by Gasteiger charge is 2.72. The molecule has 0 saturated carbocycles. The van der Waals surface area contributed by atoms with Crippen molar-refractivity contribution in [2.75, 3.05) is 13.2 Å². The van der Waals surface area contributed by atoms with Gasteiger partial charge in [-0.25, -0.2) is 4.39 Å². The second kappa shape index (κ2) is 7.02. The van der Waals surface area contributed by atoms with Crippen LogP contribution in [0.4, 0.5) is 26.3 Å². The summed E-state index contributed by atoms with van der Waals surface area (Å²) in [6.07, 6.45) is -5.06. The van der Waals surface area contributed by atoms with E-state index in [2.05, 4.69) is 0 Å². The molecule has 4 rings (SSSR count). The van der Waals surface area contributed by atoms with Gasteiger partial charge in [0.05, 0.1) is 25.4 Å². The van der Waals surface area contributed by atoms with Gasteiger partial charge >= 0.3 is 12.1 Å². The average molecular weight is 416 g/mol. The fraction of sp³-hybridized carbons (Fsp3) is 0.429. The topological polar surface area (TPSA) is 25.1 Å². The molecule has 0 N–H and O–H groups in total. The number of halogens is 6. The fourth-order valence-corrected chi connectivity index (χ4v) is 3.36. The summed E-state index contributed by atoms with van der Waals surface area (Å²) in [7, 11) is 0. The van der Waals surface area contributed by atoms with Crippen LogP contribution in [0.1, 0.15) is 22.3 Å². The number of hydrogen-bond acceptors (Lipinski definition) is 2. The van der Waals surface area contributed by atoms with E-state index in [-0.39, 0.29) is 12.2 Å². The molecule has 2 saturated heterocycles. The second-order valence-corrected chi connectivity index (χ2v) is 7.44. The van der Waals surface area contributed by atoms with E-state index in [0.29, 0.717) is 37.2 Å². The molecule has 2 fully saturated rings. The highest BCUT2D eigenvalue weighted by atomic mass is 19.4. The van der Waals surface area contributed by atoms with Crippen molar-refractivity contribution in [1.82, 2.24) is 0 Å². The molecule has 2 aliphatic rings. The van der Waals surface area contributed by atoms with Gasteiger partial charge in [0.25, 0.3) is 0 Å². The van der Waals surface area contributed by atoms with Gasteiger partial charge in [0, 0.05) is 24.0 Å². The molecule has 2 atom stereocenters. The highest BCUT2D eigenvalue weighted by molar-refractivity contribution is 5.42. The van der Waals surface area contributed by atoms with Crippen LogP contribution < -0.4 is 0 Å². The first-order chi connectivity index (χ1) is 13.6. The van der Waals surface area contributed by atoms with Crippen LogP contribution in [0.2, 0.25) is 0 Å². The minimum Gasteiger partial charge on any atom is -0.373 e. The molecule has 0 aliphatic carbocycles. The lowest BCUT2D eigenvalue weighted by atomic mass is 9.81. The Labute approximate surface area is 163 Å². The normalized spacial score (nSPS) is 23.5. The molecule has 2 heterocycles. The van der Waals surface area contributed by atoms with Gasteiger partial charge in [-0.05, 0) is 11.1 Å². The number of hydrogen-bond donors (Lipinski definition) is 0. The zero-order valence-electron chi connectivity index (χ0n) is 15.2. The first-order valence-electron chi connectivity index (χ1n) is 9.17. The smallest absolute Gasteiger partial charge is 0.373 e. The van der Waals surface area contributed by atoms with Gasteiger partial charge in [0.1, 0.15) is 0 Å². The molecule has 0 aromatic heterocycles. The lowest BCUT2D eigenvalue weighted by Gasteiger charge is -2.35. The minimum atomic E-state index is -6.07. The third kappa shape index (κ3) is 3.88. The van der Waals surface area contributed by atoms with Crippen LogP contribution in [-0.2, 0) is 28.0 Å². The van der Waals surface area contributed by atoms with Crippen molar-refractivity contribution in [2.45, 2.75) is 42.8 Å². The summed E-state index contributed by atoms with van der Waals surface area (Å²) in [6, 6.07) is 9.39. The van der Waals surface area contributed by atoms with Crippen LogP contribution in [-0.4, -0.2) is 37.5 Å². The Morgan fingerprint density at radius 1 is 0.655 bits per heavy atom. The number of rotatable bonds is 7. The van der Waals surface area contributed by atoms with Crippen LogP contribution in [0.15, 0.2) is 48.5 Å². The van der Waals surface area contributed by atoms with Crippen LogP contribution in [0.5, 0.6) is 0 Å². The second-order valence-electron chi connectivity index (χ2n) is 7.44. The zero-order chi connectivity index (χ0) is 20.9.